The summed E-state index contributed by atoms with van der Waals surface area (Å²) in [6, 6.07) is 19.7. The van der Waals surface area contributed by atoms with Crippen LogP contribution in [0.15, 0.2) is 72.8 Å². The first-order valence-electron chi connectivity index (χ1n) is 13.1. The van der Waals surface area contributed by atoms with Crippen LogP contribution < -0.4 is 15.0 Å². The molecular weight excluding hydrogens is 611 g/mol. The molecule has 4 aromatic rings. The number of ether oxygens (including phenoxy) is 1. The number of fused-ring (bicyclic) bond motifs is 1. The van der Waals surface area contributed by atoms with E-state index < -0.39 is 5.91 Å². The van der Waals surface area contributed by atoms with Crippen molar-refractivity contribution in [1.29, 1.82) is 0 Å². The highest BCUT2D eigenvalue weighted by Crippen LogP contribution is 2.35. The minimum absolute atomic E-state index is 0. The number of hydrogen-bond donors (Lipinski definition) is 1. The van der Waals surface area contributed by atoms with Crippen molar-refractivity contribution in [3.8, 4) is 5.75 Å². The van der Waals surface area contributed by atoms with Gasteiger partial charge in [0.25, 0.3) is 5.91 Å². The van der Waals surface area contributed by atoms with Crippen LogP contribution in [0.5, 0.6) is 5.75 Å². The fourth-order valence-corrected chi connectivity index (χ4v) is 4.71. The third-order valence-electron chi connectivity index (χ3n) is 6.50. The van der Waals surface area contributed by atoms with Crippen molar-refractivity contribution in [1.82, 2.24) is 15.2 Å². The number of halogens is 3. The highest BCUT2D eigenvalue weighted by atomic mass is 35.5. The van der Waals surface area contributed by atoms with Gasteiger partial charge in [-0.1, -0.05) is 53.5 Å². The molecule has 0 atom stereocenters. The molecule has 0 fully saturated rings. The SMILES string of the molecule is Cc1ccc2cccc(OCc3c(Cl)ccc(N(C)C(=O)CNC(=O)C=Cc4ccc(C(=O)N(C)C)cc4)c3Cl)c2n1.Cl. The lowest BCUT2D eigenvalue weighted by Gasteiger charge is -2.21. The number of amides is 3. The summed E-state index contributed by atoms with van der Waals surface area (Å²) in [5.74, 6) is -0.344. The molecule has 1 aromatic heterocycles. The molecule has 0 saturated carbocycles. The second-order valence-electron chi connectivity index (χ2n) is 9.75. The maximum absolute atomic E-state index is 12.9. The molecular formula is C32H31Cl3N4O4. The summed E-state index contributed by atoms with van der Waals surface area (Å²) >= 11 is 13.1. The van der Waals surface area contributed by atoms with Crippen LogP contribution in [0, 0.1) is 6.92 Å². The van der Waals surface area contributed by atoms with Gasteiger partial charge in [-0.3, -0.25) is 14.4 Å². The number of nitrogens with zero attached hydrogens (tertiary/aromatic N) is 3. The lowest BCUT2D eigenvalue weighted by atomic mass is 10.1. The van der Waals surface area contributed by atoms with Crippen molar-refractivity contribution in [2.45, 2.75) is 13.5 Å². The number of hydrogen-bond acceptors (Lipinski definition) is 5. The summed E-state index contributed by atoms with van der Waals surface area (Å²) in [7, 11) is 4.93. The van der Waals surface area contributed by atoms with Gasteiger partial charge in [0.2, 0.25) is 11.8 Å². The molecule has 0 saturated heterocycles. The van der Waals surface area contributed by atoms with E-state index in [4.69, 9.17) is 27.9 Å². The number of rotatable bonds is 9. The van der Waals surface area contributed by atoms with Crippen molar-refractivity contribution in [3.63, 3.8) is 0 Å². The standard InChI is InChI=1S/C32H30Cl2N4O4.ClH/c1-20-8-12-22-6-5-7-27(31(22)36-20)42-19-24-25(33)15-16-26(30(24)34)38(4)29(40)18-35-28(39)17-11-21-9-13-23(14-10-21)32(41)37(2)3;/h5-17H,18-19H2,1-4H3,(H,35,39);1H. The molecule has 0 radical (unpaired) electrons. The zero-order valence-corrected chi connectivity index (χ0v) is 26.4. The maximum atomic E-state index is 12.9. The predicted molar refractivity (Wildman–Crippen MR) is 174 cm³/mol. The van der Waals surface area contributed by atoms with Crippen molar-refractivity contribution in [2.75, 3.05) is 32.6 Å². The highest BCUT2D eigenvalue weighted by molar-refractivity contribution is 6.38. The van der Waals surface area contributed by atoms with E-state index in [2.05, 4.69) is 10.3 Å². The fourth-order valence-electron chi connectivity index (χ4n) is 4.10. The molecule has 0 spiro atoms. The Morgan fingerprint density at radius 1 is 0.953 bits per heavy atom. The van der Waals surface area contributed by atoms with Gasteiger partial charge >= 0.3 is 0 Å². The number of benzene rings is 3. The second kappa shape index (κ2) is 14.9. The Bertz CT molecular complexity index is 1670. The summed E-state index contributed by atoms with van der Waals surface area (Å²) < 4.78 is 6.07. The highest BCUT2D eigenvalue weighted by Gasteiger charge is 2.19. The Balaban J connectivity index is 0.00000506. The van der Waals surface area contributed by atoms with E-state index in [1.54, 1.807) is 63.6 Å². The average molecular weight is 642 g/mol. The average Bonchev–Trinajstić information content (AvgIpc) is 2.98. The smallest absolute Gasteiger partial charge is 0.253 e. The van der Waals surface area contributed by atoms with E-state index in [1.165, 1.54) is 15.9 Å². The number of aromatic nitrogens is 1. The Morgan fingerprint density at radius 2 is 1.67 bits per heavy atom. The van der Waals surface area contributed by atoms with Gasteiger partial charge in [0, 0.05) is 54.4 Å². The van der Waals surface area contributed by atoms with E-state index in [1.807, 2.05) is 37.3 Å². The van der Waals surface area contributed by atoms with Crippen molar-refractivity contribution in [2.24, 2.45) is 0 Å². The van der Waals surface area contributed by atoms with Gasteiger partial charge < -0.3 is 19.9 Å². The lowest BCUT2D eigenvalue weighted by Crippen LogP contribution is -2.37. The van der Waals surface area contributed by atoms with Crippen molar-refractivity contribution < 1.29 is 19.1 Å². The molecule has 0 aliphatic carbocycles. The van der Waals surface area contributed by atoms with E-state index >= 15 is 0 Å². The molecule has 3 aromatic carbocycles. The maximum Gasteiger partial charge on any atom is 0.253 e. The van der Waals surface area contributed by atoms with Crippen molar-refractivity contribution in [3.05, 3.63) is 105 Å². The molecule has 8 nitrogen and oxygen atoms in total. The monoisotopic (exact) mass is 640 g/mol. The third-order valence-corrected chi connectivity index (χ3v) is 7.28. The number of anilines is 1. The quantitative estimate of drug-likeness (QED) is 0.215. The van der Waals surface area contributed by atoms with Gasteiger partial charge in [-0.25, -0.2) is 4.98 Å². The zero-order chi connectivity index (χ0) is 30.4. The first kappa shape index (κ1) is 33.4. The van der Waals surface area contributed by atoms with Crippen LogP contribution in [0.1, 0.15) is 27.2 Å². The second-order valence-corrected chi connectivity index (χ2v) is 10.5. The van der Waals surface area contributed by atoms with Crippen LogP contribution in [0.25, 0.3) is 17.0 Å². The van der Waals surface area contributed by atoms with E-state index in [0.717, 1.165) is 22.2 Å². The predicted octanol–water partition coefficient (Wildman–Crippen LogP) is 6.35. The summed E-state index contributed by atoms with van der Waals surface area (Å²) in [5, 5.41) is 4.19. The van der Waals surface area contributed by atoms with Crippen LogP contribution >= 0.6 is 35.6 Å². The first-order valence-corrected chi connectivity index (χ1v) is 13.8. The molecule has 11 heteroatoms. The summed E-state index contributed by atoms with van der Waals surface area (Å²) in [5.41, 5.74) is 3.83. The minimum Gasteiger partial charge on any atom is -0.487 e. The summed E-state index contributed by atoms with van der Waals surface area (Å²) in [6.07, 6.45) is 2.92. The molecule has 3 amide bonds. The third kappa shape index (κ3) is 8.26. The minimum atomic E-state index is -0.444. The number of likely N-dealkylation sites (N-methyl/N-ethyl adjacent to an activating group) is 1. The van der Waals surface area contributed by atoms with Crippen LogP contribution in [0.2, 0.25) is 10.0 Å². The van der Waals surface area contributed by atoms with Crippen LogP contribution in [0.3, 0.4) is 0 Å². The van der Waals surface area contributed by atoms with Gasteiger partial charge in [0.05, 0.1) is 17.3 Å². The van der Waals surface area contributed by atoms with E-state index in [9.17, 15) is 14.4 Å². The lowest BCUT2D eigenvalue weighted by molar-refractivity contribution is -0.122. The van der Waals surface area contributed by atoms with E-state index in [-0.39, 0.29) is 42.4 Å². The molecule has 0 bridgehead atoms. The number of pyridine rings is 1. The molecule has 4 rings (SSSR count). The summed E-state index contributed by atoms with van der Waals surface area (Å²) in [6.45, 7) is 1.73. The molecule has 43 heavy (non-hydrogen) atoms. The Labute approximate surface area is 266 Å². The van der Waals surface area contributed by atoms with Crippen molar-refractivity contribution >= 4 is 76.0 Å². The first-order chi connectivity index (χ1) is 20.0. The fraction of sp³-hybridized carbons (Fsp3) is 0.188. The molecule has 0 unspecified atom stereocenters. The Hall–Kier alpha value is -4.11. The molecule has 0 aliphatic heterocycles. The number of carbonyl (C=O) groups is 3. The largest absolute Gasteiger partial charge is 0.487 e. The van der Waals surface area contributed by atoms with Gasteiger partial charge in [0.1, 0.15) is 17.9 Å². The number of para-hydroxylation sites is 1. The van der Waals surface area contributed by atoms with Gasteiger partial charge in [-0.2, -0.15) is 0 Å². The molecule has 0 aliphatic rings. The van der Waals surface area contributed by atoms with E-state index in [0.29, 0.717) is 27.6 Å². The Kier molecular flexibility index (Phi) is 11.5. The van der Waals surface area contributed by atoms with Gasteiger partial charge in [-0.15, -0.1) is 12.4 Å². The normalized spacial score (nSPS) is 10.7. The van der Waals surface area contributed by atoms with Crippen LogP contribution in [0.4, 0.5) is 5.69 Å². The molecule has 1 heterocycles. The number of aryl methyl sites for hydroxylation is 1. The molecule has 1 N–H and O–H groups in total. The van der Waals surface area contributed by atoms with Crippen LogP contribution in [-0.4, -0.2) is 55.3 Å². The summed E-state index contributed by atoms with van der Waals surface area (Å²) in [4.78, 5) is 44.7. The number of carbonyl (C=O) groups excluding carboxylic acids is 3. The zero-order valence-electron chi connectivity index (χ0n) is 24.1. The number of nitrogens with one attached hydrogen (secondary N) is 1. The van der Waals surface area contributed by atoms with Gasteiger partial charge in [0.15, 0.2) is 0 Å². The Morgan fingerprint density at radius 3 is 2.37 bits per heavy atom. The van der Waals surface area contributed by atoms with Gasteiger partial charge in [-0.05, 0) is 55.0 Å². The van der Waals surface area contributed by atoms with Crippen LogP contribution in [-0.2, 0) is 16.2 Å². The topological polar surface area (TPSA) is 91.8 Å². The molecule has 224 valence electrons.